The number of aromatic nitrogens is 1. The lowest BCUT2D eigenvalue weighted by Gasteiger charge is -2.12. The Balaban J connectivity index is 2.06. The number of nitrogens with zero attached hydrogens (tertiary/aromatic N) is 2. The van der Waals surface area contributed by atoms with Crippen LogP contribution in [0.3, 0.4) is 0 Å². The van der Waals surface area contributed by atoms with Crippen molar-refractivity contribution in [3.05, 3.63) is 80.1 Å². The third-order valence-corrected chi connectivity index (χ3v) is 4.25. The summed E-state index contributed by atoms with van der Waals surface area (Å²) >= 11 is 0. The SMILES string of the molecule is CCn1cc(C(=O)Nc2cc([N+](=O)[O-])ccc2C)c(=O)c2ccccc21. The van der Waals surface area contributed by atoms with Crippen molar-refractivity contribution in [1.29, 1.82) is 0 Å². The second kappa shape index (κ2) is 6.79. The van der Waals surface area contributed by atoms with Crippen molar-refractivity contribution >= 4 is 28.2 Å². The van der Waals surface area contributed by atoms with E-state index in [-0.39, 0.29) is 16.7 Å². The Morgan fingerprint density at radius 2 is 1.96 bits per heavy atom. The molecule has 7 heteroatoms. The average Bonchev–Trinajstić information content (AvgIpc) is 2.63. The van der Waals surface area contributed by atoms with Crippen LogP contribution < -0.4 is 10.7 Å². The van der Waals surface area contributed by atoms with E-state index < -0.39 is 10.8 Å². The number of anilines is 1. The molecule has 0 radical (unpaired) electrons. The Morgan fingerprint density at radius 1 is 1.23 bits per heavy atom. The van der Waals surface area contributed by atoms with Gasteiger partial charge in [0.15, 0.2) is 0 Å². The molecular formula is C19H17N3O4. The number of benzene rings is 2. The van der Waals surface area contributed by atoms with Crippen LogP contribution in [0, 0.1) is 17.0 Å². The number of hydrogen-bond acceptors (Lipinski definition) is 4. The van der Waals surface area contributed by atoms with Crippen molar-refractivity contribution in [2.45, 2.75) is 20.4 Å². The van der Waals surface area contributed by atoms with E-state index in [0.29, 0.717) is 23.2 Å². The van der Waals surface area contributed by atoms with E-state index in [9.17, 15) is 19.7 Å². The van der Waals surface area contributed by atoms with E-state index in [1.807, 2.05) is 23.6 Å². The van der Waals surface area contributed by atoms with Gasteiger partial charge in [0.2, 0.25) is 5.43 Å². The van der Waals surface area contributed by atoms with Crippen molar-refractivity contribution in [3.63, 3.8) is 0 Å². The number of nitro groups is 1. The molecule has 0 saturated heterocycles. The van der Waals surface area contributed by atoms with Gasteiger partial charge in [0.1, 0.15) is 5.56 Å². The summed E-state index contributed by atoms with van der Waals surface area (Å²) in [6, 6.07) is 11.3. The molecule has 0 spiro atoms. The van der Waals surface area contributed by atoms with Crippen LogP contribution >= 0.6 is 0 Å². The number of non-ortho nitro benzene ring substituents is 1. The van der Waals surface area contributed by atoms with Crippen molar-refractivity contribution in [3.8, 4) is 0 Å². The van der Waals surface area contributed by atoms with Gasteiger partial charge < -0.3 is 9.88 Å². The van der Waals surface area contributed by atoms with Gasteiger partial charge in [0, 0.05) is 30.3 Å². The molecule has 0 unspecified atom stereocenters. The fourth-order valence-electron chi connectivity index (χ4n) is 2.82. The number of para-hydroxylation sites is 1. The molecular weight excluding hydrogens is 334 g/mol. The number of nitro benzene ring substituents is 1. The molecule has 1 heterocycles. The first-order valence-corrected chi connectivity index (χ1v) is 8.11. The van der Waals surface area contributed by atoms with Gasteiger partial charge in [-0.2, -0.15) is 0 Å². The van der Waals surface area contributed by atoms with Crippen LogP contribution in [0.15, 0.2) is 53.5 Å². The van der Waals surface area contributed by atoms with Crippen molar-refractivity contribution in [2.24, 2.45) is 0 Å². The Labute approximate surface area is 149 Å². The number of carbonyl (C=O) groups is 1. The van der Waals surface area contributed by atoms with Crippen LogP contribution in [-0.4, -0.2) is 15.4 Å². The molecule has 3 rings (SSSR count). The highest BCUT2D eigenvalue weighted by Crippen LogP contribution is 2.22. The van der Waals surface area contributed by atoms with Crippen LogP contribution in [-0.2, 0) is 6.54 Å². The molecule has 0 aliphatic carbocycles. The van der Waals surface area contributed by atoms with E-state index in [0.717, 1.165) is 5.52 Å². The van der Waals surface area contributed by atoms with Crippen LogP contribution in [0.2, 0.25) is 0 Å². The molecule has 1 aromatic heterocycles. The molecule has 0 saturated carbocycles. The zero-order valence-electron chi connectivity index (χ0n) is 14.4. The summed E-state index contributed by atoms with van der Waals surface area (Å²) in [5.41, 5.74) is 1.22. The third kappa shape index (κ3) is 3.06. The minimum atomic E-state index is -0.591. The smallest absolute Gasteiger partial charge is 0.271 e. The lowest BCUT2D eigenvalue weighted by atomic mass is 10.1. The highest BCUT2D eigenvalue weighted by atomic mass is 16.6. The van der Waals surface area contributed by atoms with Gasteiger partial charge in [-0.25, -0.2) is 0 Å². The molecule has 0 aliphatic heterocycles. The van der Waals surface area contributed by atoms with E-state index in [4.69, 9.17) is 0 Å². The maximum absolute atomic E-state index is 12.7. The summed E-state index contributed by atoms with van der Waals surface area (Å²) < 4.78 is 1.83. The fraction of sp³-hybridized carbons (Fsp3) is 0.158. The first-order chi connectivity index (χ1) is 12.4. The predicted octanol–water partition coefficient (Wildman–Crippen LogP) is 3.49. The minimum absolute atomic E-state index is 0.00328. The van der Waals surface area contributed by atoms with Crippen LogP contribution in [0.5, 0.6) is 0 Å². The van der Waals surface area contributed by atoms with E-state index in [1.54, 1.807) is 25.1 Å². The van der Waals surface area contributed by atoms with E-state index >= 15 is 0 Å². The second-order valence-corrected chi connectivity index (χ2v) is 5.89. The second-order valence-electron chi connectivity index (χ2n) is 5.89. The predicted molar refractivity (Wildman–Crippen MR) is 99.7 cm³/mol. The molecule has 132 valence electrons. The number of pyridine rings is 1. The lowest BCUT2D eigenvalue weighted by Crippen LogP contribution is -2.24. The van der Waals surface area contributed by atoms with Gasteiger partial charge in [-0.3, -0.25) is 19.7 Å². The molecule has 26 heavy (non-hydrogen) atoms. The number of aryl methyl sites for hydroxylation is 2. The van der Waals surface area contributed by atoms with Crippen LogP contribution in [0.1, 0.15) is 22.8 Å². The number of rotatable bonds is 4. The van der Waals surface area contributed by atoms with Gasteiger partial charge in [-0.1, -0.05) is 18.2 Å². The number of nitrogens with one attached hydrogen (secondary N) is 1. The zero-order chi connectivity index (χ0) is 18.8. The number of amides is 1. The Kier molecular flexibility index (Phi) is 4.53. The van der Waals surface area contributed by atoms with Gasteiger partial charge in [0.25, 0.3) is 11.6 Å². The van der Waals surface area contributed by atoms with Gasteiger partial charge in [0.05, 0.1) is 16.1 Å². The molecule has 3 aromatic rings. The normalized spacial score (nSPS) is 10.7. The van der Waals surface area contributed by atoms with Crippen LogP contribution in [0.4, 0.5) is 11.4 Å². The monoisotopic (exact) mass is 351 g/mol. The van der Waals surface area contributed by atoms with Gasteiger partial charge in [-0.05, 0) is 31.5 Å². The Bertz CT molecular complexity index is 1090. The molecule has 1 N–H and O–H groups in total. The molecule has 0 atom stereocenters. The van der Waals surface area contributed by atoms with Crippen molar-refractivity contribution in [1.82, 2.24) is 4.57 Å². The lowest BCUT2D eigenvalue weighted by molar-refractivity contribution is -0.384. The van der Waals surface area contributed by atoms with E-state index in [2.05, 4.69) is 5.32 Å². The van der Waals surface area contributed by atoms with Crippen molar-refractivity contribution in [2.75, 3.05) is 5.32 Å². The molecule has 2 aromatic carbocycles. The molecule has 0 bridgehead atoms. The first-order valence-electron chi connectivity index (χ1n) is 8.11. The summed E-state index contributed by atoms with van der Waals surface area (Å²) in [4.78, 5) is 35.8. The number of hydrogen-bond donors (Lipinski definition) is 1. The quantitative estimate of drug-likeness (QED) is 0.575. The molecule has 1 amide bonds. The minimum Gasteiger partial charge on any atom is -0.347 e. The van der Waals surface area contributed by atoms with Gasteiger partial charge >= 0.3 is 0 Å². The highest BCUT2D eigenvalue weighted by Gasteiger charge is 2.17. The third-order valence-electron chi connectivity index (χ3n) is 4.25. The fourth-order valence-corrected chi connectivity index (χ4v) is 2.82. The summed E-state index contributed by atoms with van der Waals surface area (Å²) in [6.45, 7) is 4.24. The van der Waals surface area contributed by atoms with Crippen LogP contribution in [0.25, 0.3) is 10.9 Å². The Hall–Kier alpha value is -3.48. The molecule has 0 fully saturated rings. The average molecular weight is 351 g/mol. The molecule has 0 aliphatic rings. The summed E-state index contributed by atoms with van der Waals surface area (Å²) in [5, 5.41) is 14.0. The maximum Gasteiger partial charge on any atom is 0.271 e. The highest BCUT2D eigenvalue weighted by molar-refractivity contribution is 6.06. The number of fused-ring (bicyclic) bond motifs is 1. The first kappa shape index (κ1) is 17.3. The summed E-state index contributed by atoms with van der Waals surface area (Å²) in [6.07, 6.45) is 1.52. The largest absolute Gasteiger partial charge is 0.347 e. The molecule has 7 nitrogen and oxygen atoms in total. The van der Waals surface area contributed by atoms with Gasteiger partial charge in [-0.15, -0.1) is 0 Å². The topological polar surface area (TPSA) is 94.2 Å². The van der Waals surface area contributed by atoms with Crippen molar-refractivity contribution < 1.29 is 9.72 Å². The number of carbonyl (C=O) groups excluding carboxylic acids is 1. The summed E-state index contributed by atoms with van der Waals surface area (Å²) in [5.74, 6) is -0.591. The Morgan fingerprint density at radius 3 is 2.65 bits per heavy atom. The standard InChI is InChI=1S/C19H17N3O4/c1-3-21-11-15(18(23)14-6-4-5-7-17(14)21)19(24)20-16-10-13(22(25)26)9-8-12(16)2/h4-11H,3H2,1-2H3,(H,20,24). The maximum atomic E-state index is 12.7. The summed E-state index contributed by atoms with van der Waals surface area (Å²) in [7, 11) is 0. The van der Waals surface area contributed by atoms with E-state index in [1.165, 1.54) is 18.3 Å². The zero-order valence-corrected chi connectivity index (χ0v) is 14.4.